The number of alkyl halides is 3. The zero-order valence-electron chi connectivity index (χ0n) is 11.6. The van der Waals surface area contributed by atoms with Gasteiger partial charge in [-0.2, -0.15) is 13.2 Å². The minimum atomic E-state index is -4.37. The number of Topliss-reactive ketones (excluding diaryl/α,β-unsaturated/α-hetero) is 1. The van der Waals surface area contributed by atoms with Gasteiger partial charge in [-0.25, -0.2) is 0 Å². The Balaban J connectivity index is 2.10. The first kappa shape index (κ1) is 16.5. The molecule has 2 aromatic carbocycles. The minimum Gasteiger partial charge on any atom is -0.489 e. The van der Waals surface area contributed by atoms with Crippen LogP contribution in [-0.2, 0) is 12.8 Å². The van der Waals surface area contributed by atoms with Crippen molar-refractivity contribution in [1.29, 1.82) is 0 Å². The summed E-state index contributed by atoms with van der Waals surface area (Å²) >= 11 is 3.26. The summed E-state index contributed by atoms with van der Waals surface area (Å²) in [5.41, 5.74) is 0.231. The van der Waals surface area contributed by atoms with Gasteiger partial charge in [0.2, 0.25) is 0 Å². The molecule has 0 atom stereocenters. The van der Waals surface area contributed by atoms with E-state index in [-0.39, 0.29) is 12.4 Å². The van der Waals surface area contributed by atoms with E-state index in [4.69, 9.17) is 4.74 Å². The van der Waals surface area contributed by atoms with E-state index in [1.807, 2.05) is 0 Å². The van der Waals surface area contributed by atoms with Gasteiger partial charge in [0.05, 0.1) is 5.56 Å². The lowest BCUT2D eigenvalue weighted by atomic mass is 10.1. The van der Waals surface area contributed by atoms with Crippen LogP contribution < -0.4 is 4.74 Å². The van der Waals surface area contributed by atoms with Gasteiger partial charge in [-0.05, 0) is 58.7 Å². The van der Waals surface area contributed by atoms with Crippen LogP contribution in [0.4, 0.5) is 13.2 Å². The van der Waals surface area contributed by atoms with E-state index in [9.17, 15) is 18.0 Å². The highest BCUT2D eigenvalue weighted by Gasteiger charge is 2.30. The number of hydrogen-bond donors (Lipinski definition) is 0. The molecule has 0 saturated carbocycles. The molecule has 0 spiro atoms. The fraction of sp³-hybridized carbons (Fsp3) is 0.188. The van der Waals surface area contributed by atoms with E-state index >= 15 is 0 Å². The molecule has 0 heterocycles. The highest BCUT2D eigenvalue weighted by molar-refractivity contribution is 9.10. The maximum absolute atomic E-state index is 12.6. The fourth-order valence-electron chi connectivity index (χ4n) is 1.88. The first-order chi connectivity index (χ1) is 10.3. The maximum atomic E-state index is 12.6. The van der Waals surface area contributed by atoms with E-state index < -0.39 is 11.7 Å². The number of ketones is 1. The molecule has 0 saturated heterocycles. The molecule has 0 N–H and O–H groups in total. The molecular weight excluding hydrogens is 361 g/mol. The second-order valence-corrected chi connectivity index (χ2v) is 5.54. The molecule has 2 nitrogen and oxygen atoms in total. The van der Waals surface area contributed by atoms with Gasteiger partial charge in [0, 0.05) is 10.0 Å². The molecule has 22 heavy (non-hydrogen) atoms. The second-order valence-electron chi connectivity index (χ2n) is 4.68. The molecule has 6 heteroatoms. The summed E-state index contributed by atoms with van der Waals surface area (Å²) in [4.78, 5) is 11.3. The topological polar surface area (TPSA) is 26.3 Å². The molecule has 0 aromatic heterocycles. The fourth-order valence-corrected chi connectivity index (χ4v) is 2.51. The van der Waals surface area contributed by atoms with E-state index in [2.05, 4.69) is 15.9 Å². The summed E-state index contributed by atoms with van der Waals surface area (Å²) in [7, 11) is 0. The molecule has 0 bridgehead atoms. The summed E-state index contributed by atoms with van der Waals surface area (Å²) in [5.74, 6) is 0.380. The van der Waals surface area contributed by atoms with Crippen molar-refractivity contribution in [3.8, 4) is 5.75 Å². The lowest BCUT2D eigenvalue weighted by molar-refractivity contribution is -0.137. The van der Waals surface area contributed by atoms with Crippen LogP contribution in [0.1, 0.15) is 28.4 Å². The van der Waals surface area contributed by atoms with Crippen molar-refractivity contribution in [3.63, 3.8) is 0 Å². The van der Waals surface area contributed by atoms with Gasteiger partial charge in [0.15, 0.2) is 5.78 Å². The second kappa shape index (κ2) is 6.52. The normalized spacial score (nSPS) is 11.3. The van der Waals surface area contributed by atoms with E-state index in [0.717, 1.165) is 12.1 Å². The molecule has 0 aliphatic rings. The van der Waals surface area contributed by atoms with Crippen LogP contribution in [0.25, 0.3) is 0 Å². The number of benzene rings is 2. The Kier molecular flexibility index (Phi) is 4.90. The Labute approximate surface area is 134 Å². The van der Waals surface area contributed by atoms with Gasteiger partial charge in [-0.1, -0.05) is 12.1 Å². The van der Waals surface area contributed by atoms with Crippen LogP contribution in [0, 0.1) is 0 Å². The van der Waals surface area contributed by atoms with Crippen LogP contribution in [-0.4, -0.2) is 5.78 Å². The number of hydrogen-bond acceptors (Lipinski definition) is 2. The Morgan fingerprint density at radius 3 is 2.50 bits per heavy atom. The van der Waals surface area contributed by atoms with Crippen LogP contribution in [0.5, 0.6) is 5.75 Å². The third-order valence-electron chi connectivity index (χ3n) is 2.98. The Bertz CT molecular complexity index is 696. The Morgan fingerprint density at radius 1 is 1.18 bits per heavy atom. The van der Waals surface area contributed by atoms with Crippen LogP contribution >= 0.6 is 15.9 Å². The first-order valence-electron chi connectivity index (χ1n) is 6.37. The van der Waals surface area contributed by atoms with E-state index in [1.54, 1.807) is 24.3 Å². The van der Waals surface area contributed by atoms with Crippen molar-refractivity contribution < 1.29 is 22.7 Å². The summed E-state index contributed by atoms with van der Waals surface area (Å²) in [6, 6.07) is 9.80. The standard InChI is InChI=1S/C16H12BrF3O2/c1-10(21)14-6-5-13(8-15(14)17)22-9-11-3-2-4-12(7-11)16(18,19)20/h2-8H,9H2,1H3. The molecule has 0 radical (unpaired) electrons. The van der Waals surface area contributed by atoms with Crippen molar-refractivity contribution in [2.75, 3.05) is 0 Å². The molecule has 0 amide bonds. The number of carbonyl (C=O) groups is 1. The molecule has 0 aliphatic carbocycles. The molecule has 2 aromatic rings. The number of carbonyl (C=O) groups excluding carboxylic acids is 1. The average molecular weight is 373 g/mol. The van der Waals surface area contributed by atoms with Crippen molar-refractivity contribution in [3.05, 3.63) is 63.6 Å². The van der Waals surface area contributed by atoms with E-state index in [1.165, 1.54) is 13.0 Å². The van der Waals surface area contributed by atoms with Gasteiger partial charge in [-0.15, -0.1) is 0 Å². The monoisotopic (exact) mass is 372 g/mol. The minimum absolute atomic E-state index is 0.00970. The first-order valence-corrected chi connectivity index (χ1v) is 7.16. The zero-order valence-corrected chi connectivity index (χ0v) is 13.2. The highest BCUT2D eigenvalue weighted by atomic mass is 79.9. The highest BCUT2D eigenvalue weighted by Crippen LogP contribution is 2.30. The molecule has 0 unspecified atom stereocenters. The summed E-state index contributed by atoms with van der Waals surface area (Å²) < 4.78 is 43.9. The summed E-state index contributed by atoms with van der Waals surface area (Å²) in [6.45, 7) is 1.46. The molecule has 0 aliphatic heterocycles. The van der Waals surface area contributed by atoms with Gasteiger partial charge in [0.1, 0.15) is 12.4 Å². The van der Waals surface area contributed by atoms with Gasteiger partial charge < -0.3 is 4.74 Å². The average Bonchev–Trinajstić information content (AvgIpc) is 2.44. The van der Waals surface area contributed by atoms with Crippen LogP contribution in [0.15, 0.2) is 46.9 Å². The van der Waals surface area contributed by atoms with Gasteiger partial charge >= 0.3 is 6.18 Å². The Morgan fingerprint density at radius 2 is 1.91 bits per heavy atom. The Hall–Kier alpha value is -1.82. The third-order valence-corrected chi connectivity index (χ3v) is 3.64. The smallest absolute Gasteiger partial charge is 0.416 e. The largest absolute Gasteiger partial charge is 0.489 e. The molecular formula is C16H12BrF3O2. The number of rotatable bonds is 4. The van der Waals surface area contributed by atoms with Crippen molar-refractivity contribution >= 4 is 21.7 Å². The van der Waals surface area contributed by atoms with Crippen LogP contribution in [0.3, 0.4) is 0 Å². The molecule has 0 fully saturated rings. The van der Waals surface area contributed by atoms with E-state index in [0.29, 0.717) is 21.3 Å². The lowest BCUT2D eigenvalue weighted by Crippen LogP contribution is -2.06. The lowest BCUT2D eigenvalue weighted by Gasteiger charge is -2.11. The third kappa shape index (κ3) is 4.10. The van der Waals surface area contributed by atoms with Crippen LogP contribution in [0.2, 0.25) is 0 Å². The van der Waals surface area contributed by atoms with Crippen molar-refractivity contribution in [2.45, 2.75) is 19.7 Å². The predicted molar refractivity (Wildman–Crippen MR) is 79.9 cm³/mol. The quantitative estimate of drug-likeness (QED) is 0.685. The molecule has 2 rings (SSSR count). The SMILES string of the molecule is CC(=O)c1ccc(OCc2cccc(C(F)(F)F)c2)cc1Br. The summed E-state index contributed by atoms with van der Waals surface area (Å²) in [5, 5.41) is 0. The molecule has 116 valence electrons. The zero-order chi connectivity index (χ0) is 16.3. The van der Waals surface area contributed by atoms with Gasteiger partial charge in [0.25, 0.3) is 0 Å². The summed E-state index contributed by atoms with van der Waals surface area (Å²) in [6.07, 6.45) is -4.37. The number of ether oxygens (including phenoxy) is 1. The van der Waals surface area contributed by atoms with Gasteiger partial charge in [-0.3, -0.25) is 4.79 Å². The maximum Gasteiger partial charge on any atom is 0.416 e. The predicted octanol–water partition coefficient (Wildman–Crippen LogP) is 5.25. The number of halogens is 4. The van der Waals surface area contributed by atoms with Crippen molar-refractivity contribution in [1.82, 2.24) is 0 Å². The van der Waals surface area contributed by atoms with Crippen molar-refractivity contribution in [2.24, 2.45) is 0 Å².